The number of sulfonamides is 1. The van der Waals surface area contributed by atoms with Crippen LogP contribution in [0.15, 0.2) is 94.9 Å². The second-order valence-corrected chi connectivity index (χ2v) is 9.35. The van der Waals surface area contributed by atoms with Gasteiger partial charge in [0.15, 0.2) is 0 Å². The molecule has 3 aromatic rings. The Morgan fingerprint density at radius 2 is 1.61 bits per heavy atom. The first kappa shape index (κ1) is 22.2. The second kappa shape index (κ2) is 9.25. The van der Waals surface area contributed by atoms with Crippen LogP contribution in [0.1, 0.15) is 12.8 Å². The third-order valence-electron chi connectivity index (χ3n) is 5.17. The summed E-state index contributed by atoms with van der Waals surface area (Å²) < 4.78 is 27.3. The van der Waals surface area contributed by atoms with E-state index in [-0.39, 0.29) is 29.4 Å². The zero-order valence-corrected chi connectivity index (χ0v) is 18.7. The van der Waals surface area contributed by atoms with E-state index in [1.54, 1.807) is 66.7 Å². The van der Waals surface area contributed by atoms with Gasteiger partial charge in [-0.2, -0.15) is 5.10 Å². The van der Waals surface area contributed by atoms with Crippen molar-refractivity contribution in [2.75, 3.05) is 21.7 Å². The molecule has 1 aliphatic rings. The smallest absolute Gasteiger partial charge is 0.271 e. The summed E-state index contributed by atoms with van der Waals surface area (Å²) in [6, 6.07) is 23.6. The number of carbonyl (C=O) groups is 2. The molecular weight excluding hydrogens is 440 g/mol. The summed E-state index contributed by atoms with van der Waals surface area (Å²) in [6.45, 7) is 0. The Morgan fingerprint density at radius 3 is 2.30 bits per heavy atom. The lowest BCUT2D eigenvalue weighted by atomic mass is 10.1. The van der Waals surface area contributed by atoms with Crippen molar-refractivity contribution in [3.8, 4) is 0 Å². The lowest BCUT2D eigenvalue weighted by Crippen LogP contribution is -2.36. The molecule has 0 radical (unpaired) electrons. The molecule has 8 nitrogen and oxygen atoms in total. The predicted molar refractivity (Wildman–Crippen MR) is 128 cm³/mol. The van der Waals surface area contributed by atoms with E-state index in [4.69, 9.17) is 0 Å². The average molecular weight is 463 g/mol. The van der Waals surface area contributed by atoms with E-state index in [0.717, 1.165) is 0 Å². The number of nitrogens with one attached hydrogen (secondary N) is 1. The van der Waals surface area contributed by atoms with Crippen LogP contribution in [0.5, 0.6) is 0 Å². The first-order chi connectivity index (χ1) is 15.9. The van der Waals surface area contributed by atoms with Crippen molar-refractivity contribution < 1.29 is 18.0 Å². The Labute approximate surface area is 192 Å². The highest BCUT2D eigenvalue weighted by molar-refractivity contribution is 7.92. The van der Waals surface area contributed by atoms with E-state index < -0.39 is 15.9 Å². The van der Waals surface area contributed by atoms with Crippen molar-refractivity contribution in [2.45, 2.75) is 17.7 Å². The molecule has 168 valence electrons. The van der Waals surface area contributed by atoms with Gasteiger partial charge in [0.05, 0.1) is 16.3 Å². The van der Waals surface area contributed by atoms with Crippen molar-refractivity contribution in [2.24, 2.45) is 5.10 Å². The maximum Gasteiger partial charge on any atom is 0.271 e. The number of nitrogens with zero attached hydrogens (tertiary/aromatic N) is 3. The number of rotatable bonds is 6. The molecular formula is C24H22N4O4S. The minimum absolute atomic E-state index is 0.0401. The number of hydrazone groups is 1. The van der Waals surface area contributed by atoms with Crippen LogP contribution in [-0.4, -0.2) is 33.0 Å². The Morgan fingerprint density at radius 1 is 0.939 bits per heavy atom. The molecule has 1 aliphatic heterocycles. The zero-order valence-electron chi connectivity index (χ0n) is 17.9. The van der Waals surface area contributed by atoms with Gasteiger partial charge in [0.1, 0.15) is 5.71 Å². The topological polar surface area (TPSA) is 99.2 Å². The maximum atomic E-state index is 13.1. The van der Waals surface area contributed by atoms with Crippen LogP contribution in [0, 0.1) is 0 Å². The first-order valence-electron chi connectivity index (χ1n) is 10.3. The lowest BCUT2D eigenvalue weighted by molar-refractivity contribution is -0.118. The Hall–Kier alpha value is -3.98. The number of benzene rings is 3. The highest BCUT2D eigenvalue weighted by Crippen LogP contribution is 2.24. The number of para-hydroxylation sites is 2. The fourth-order valence-electron chi connectivity index (χ4n) is 3.36. The van der Waals surface area contributed by atoms with E-state index in [1.165, 1.54) is 28.5 Å². The van der Waals surface area contributed by atoms with Gasteiger partial charge in [-0.15, -0.1) is 0 Å². The first-order valence-corrected chi connectivity index (χ1v) is 11.7. The SMILES string of the molecule is CN(c1ccccc1)S(=O)(=O)c1cccc(NC(=O)C2=NN(c3ccccc3)C(=O)CC2)c1. The van der Waals surface area contributed by atoms with Crippen molar-refractivity contribution in [3.05, 3.63) is 84.9 Å². The van der Waals surface area contributed by atoms with E-state index >= 15 is 0 Å². The van der Waals surface area contributed by atoms with Crippen LogP contribution in [0.25, 0.3) is 0 Å². The normalized spacial score (nSPS) is 13.9. The predicted octanol–water partition coefficient (Wildman–Crippen LogP) is 3.63. The van der Waals surface area contributed by atoms with Gasteiger partial charge in [-0.3, -0.25) is 13.9 Å². The lowest BCUT2D eigenvalue weighted by Gasteiger charge is -2.23. The highest BCUT2D eigenvalue weighted by atomic mass is 32.2. The summed E-state index contributed by atoms with van der Waals surface area (Å²) >= 11 is 0. The number of carbonyl (C=O) groups excluding carboxylic acids is 2. The van der Waals surface area contributed by atoms with Crippen LogP contribution in [0.3, 0.4) is 0 Å². The fraction of sp³-hybridized carbons (Fsp3) is 0.125. The molecule has 1 heterocycles. The van der Waals surface area contributed by atoms with Crippen LogP contribution >= 0.6 is 0 Å². The van der Waals surface area contributed by atoms with Gasteiger partial charge in [0, 0.05) is 25.6 Å². The van der Waals surface area contributed by atoms with Gasteiger partial charge in [-0.25, -0.2) is 13.4 Å². The quantitative estimate of drug-likeness (QED) is 0.605. The summed E-state index contributed by atoms with van der Waals surface area (Å²) in [7, 11) is -2.35. The third kappa shape index (κ3) is 4.78. The summed E-state index contributed by atoms with van der Waals surface area (Å²) in [5.41, 5.74) is 1.60. The molecule has 0 fully saturated rings. The molecule has 0 atom stereocenters. The van der Waals surface area contributed by atoms with Crippen molar-refractivity contribution in [1.82, 2.24) is 0 Å². The number of anilines is 3. The molecule has 2 amide bonds. The molecule has 0 unspecified atom stereocenters. The van der Waals surface area contributed by atoms with Crippen LogP contribution in [0.2, 0.25) is 0 Å². The fourth-order valence-corrected chi connectivity index (χ4v) is 4.60. The highest BCUT2D eigenvalue weighted by Gasteiger charge is 2.26. The van der Waals surface area contributed by atoms with E-state index in [1.807, 2.05) is 6.07 Å². The molecule has 0 aliphatic carbocycles. The minimum atomic E-state index is -3.83. The molecule has 0 aromatic heterocycles. The van der Waals surface area contributed by atoms with E-state index in [2.05, 4.69) is 10.4 Å². The Bertz CT molecular complexity index is 1310. The minimum Gasteiger partial charge on any atom is -0.321 e. The molecule has 0 bridgehead atoms. The number of hydrogen-bond acceptors (Lipinski definition) is 5. The molecule has 0 saturated carbocycles. The van der Waals surface area contributed by atoms with E-state index in [0.29, 0.717) is 17.1 Å². The number of hydrogen-bond donors (Lipinski definition) is 1. The van der Waals surface area contributed by atoms with Gasteiger partial charge >= 0.3 is 0 Å². The van der Waals surface area contributed by atoms with Gasteiger partial charge in [0.2, 0.25) is 5.91 Å². The summed E-state index contributed by atoms with van der Waals surface area (Å²) in [5, 5.41) is 8.15. The summed E-state index contributed by atoms with van der Waals surface area (Å²) in [4.78, 5) is 25.1. The largest absolute Gasteiger partial charge is 0.321 e. The van der Waals surface area contributed by atoms with Crippen molar-refractivity contribution >= 4 is 44.6 Å². The molecule has 3 aromatic carbocycles. The van der Waals surface area contributed by atoms with Crippen molar-refractivity contribution in [1.29, 1.82) is 0 Å². The van der Waals surface area contributed by atoms with Gasteiger partial charge in [-0.05, 0) is 42.5 Å². The molecule has 4 rings (SSSR count). The molecule has 0 spiro atoms. The van der Waals surface area contributed by atoms with Gasteiger partial charge in [0.25, 0.3) is 15.9 Å². The van der Waals surface area contributed by atoms with Gasteiger partial charge in [-0.1, -0.05) is 42.5 Å². The van der Waals surface area contributed by atoms with Crippen LogP contribution < -0.4 is 14.6 Å². The van der Waals surface area contributed by atoms with Gasteiger partial charge < -0.3 is 5.32 Å². The van der Waals surface area contributed by atoms with Crippen LogP contribution in [-0.2, 0) is 19.6 Å². The average Bonchev–Trinajstić information content (AvgIpc) is 2.85. The molecule has 0 saturated heterocycles. The Kier molecular flexibility index (Phi) is 6.23. The standard InChI is InChI=1S/C24H22N4O4S/c1-27(19-10-4-2-5-11-19)33(31,32)21-14-8-9-18(17-21)25-24(30)22-15-16-23(29)28(26-22)20-12-6-3-7-13-20/h2-14,17H,15-16H2,1H3,(H,25,30). The molecule has 1 N–H and O–H groups in total. The van der Waals surface area contributed by atoms with Crippen molar-refractivity contribution in [3.63, 3.8) is 0 Å². The molecule has 9 heteroatoms. The summed E-state index contributed by atoms with van der Waals surface area (Å²) in [5.74, 6) is -0.691. The van der Waals surface area contributed by atoms with E-state index in [9.17, 15) is 18.0 Å². The zero-order chi connectivity index (χ0) is 23.4. The number of amides is 2. The van der Waals surface area contributed by atoms with Crippen LogP contribution in [0.4, 0.5) is 17.1 Å². The molecule has 33 heavy (non-hydrogen) atoms. The monoisotopic (exact) mass is 462 g/mol. The Balaban J connectivity index is 1.55. The third-order valence-corrected chi connectivity index (χ3v) is 6.95. The summed E-state index contributed by atoms with van der Waals surface area (Å²) in [6.07, 6.45) is 0.347. The second-order valence-electron chi connectivity index (χ2n) is 7.38. The maximum absolute atomic E-state index is 13.1.